The van der Waals surface area contributed by atoms with Gasteiger partial charge < -0.3 is 44.8 Å². The first kappa shape index (κ1) is 61.0. The monoisotopic (exact) mass is 1170 g/mol. The van der Waals surface area contributed by atoms with Crippen LogP contribution >= 0.6 is 0 Å². The van der Waals surface area contributed by atoms with Crippen LogP contribution in [0.1, 0.15) is 236 Å². The van der Waals surface area contributed by atoms with Gasteiger partial charge in [0.25, 0.3) is 0 Å². The van der Waals surface area contributed by atoms with Gasteiger partial charge in [0.1, 0.15) is 18.3 Å². The first-order chi connectivity index (χ1) is 39.7. The van der Waals surface area contributed by atoms with Crippen LogP contribution in [0.15, 0.2) is 0 Å². The van der Waals surface area contributed by atoms with Crippen molar-refractivity contribution >= 4 is 17.9 Å². The van der Waals surface area contributed by atoms with Crippen molar-refractivity contribution in [3.8, 4) is 0 Å². The molecule has 13 saturated heterocycles. The number of carbonyl (C=O) groups excluding carboxylic acids is 3. The lowest BCUT2D eigenvalue weighted by Crippen LogP contribution is -2.62. The second-order valence-electron chi connectivity index (χ2n) is 34.5. The minimum absolute atomic E-state index is 0.0682. The molecule has 6 N–H and O–H groups in total. The van der Waals surface area contributed by atoms with Gasteiger partial charge in [-0.15, -0.1) is 0 Å². The molecular formula is C72H114O12. The maximum absolute atomic E-state index is 13.9. The van der Waals surface area contributed by atoms with Gasteiger partial charge in [0, 0.05) is 19.3 Å². The molecule has 0 amide bonds. The van der Waals surface area contributed by atoms with Crippen LogP contribution in [0.25, 0.3) is 0 Å². The van der Waals surface area contributed by atoms with Crippen molar-refractivity contribution in [1.82, 2.24) is 0 Å². The Morgan fingerprint density at radius 1 is 0.321 bits per heavy atom. The van der Waals surface area contributed by atoms with E-state index < -0.39 is 36.6 Å². The van der Waals surface area contributed by atoms with E-state index in [9.17, 15) is 45.0 Å². The third kappa shape index (κ3) is 9.32. The van der Waals surface area contributed by atoms with Crippen molar-refractivity contribution in [2.75, 3.05) is 0 Å². The van der Waals surface area contributed by atoms with Crippen LogP contribution < -0.4 is 0 Å². The minimum Gasteiger partial charge on any atom is -0.462 e. The molecule has 24 bridgehead atoms. The maximum Gasteiger partial charge on any atom is 0.306 e. The molecule has 12 nitrogen and oxygen atoms in total. The maximum atomic E-state index is 13.9. The van der Waals surface area contributed by atoms with Gasteiger partial charge in [-0.3, -0.25) is 14.4 Å². The fourth-order valence-electron chi connectivity index (χ4n) is 27.0. The molecule has 13 aliphatic heterocycles. The van der Waals surface area contributed by atoms with Crippen molar-refractivity contribution in [3.05, 3.63) is 0 Å². The molecule has 84 heavy (non-hydrogen) atoms. The second kappa shape index (κ2) is 21.9. The van der Waals surface area contributed by atoms with E-state index in [1.165, 1.54) is 0 Å². The van der Waals surface area contributed by atoms with Gasteiger partial charge in [-0.25, -0.2) is 0 Å². The van der Waals surface area contributed by atoms with Gasteiger partial charge in [0.15, 0.2) is 0 Å². The molecule has 25 aliphatic rings. The summed E-state index contributed by atoms with van der Waals surface area (Å²) in [5.41, 5.74) is -1.28. The zero-order valence-electron chi connectivity index (χ0n) is 53.3. The number of aliphatic hydroxyl groups excluding tert-OH is 6. The van der Waals surface area contributed by atoms with Gasteiger partial charge in [-0.2, -0.15) is 0 Å². The lowest BCUT2D eigenvalue weighted by atomic mass is 9.43. The highest BCUT2D eigenvalue weighted by Gasteiger charge is 2.70. The molecule has 12 aliphatic carbocycles. The van der Waals surface area contributed by atoms with Crippen LogP contribution in [-0.2, 0) is 28.6 Å². The molecule has 0 spiro atoms. The molecule has 12 heteroatoms. The number of aliphatic hydroxyl groups is 6. The van der Waals surface area contributed by atoms with Gasteiger partial charge in [-0.05, 0) is 293 Å². The smallest absolute Gasteiger partial charge is 0.306 e. The van der Waals surface area contributed by atoms with Gasteiger partial charge in [0.05, 0.1) is 36.6 Å². The Hall–Kier alpha value is -1.83. The zero-order valence-corrected chi connectivity index (χ0v) is 53.3. The molecule has 0 radical (unpaired) electrons. The summed E-state index contributed by atoms with van der Waals surface area (Å²) in [5, 5.41) is 74.4. The van der Waals surface area contributed by atoms with Gasteiger partial charge in [-0.1, -0.05) is 62.3 Å². The summed E-state index contributed by atoms with van der Waals surface area (Å²) in [6.07, 6.45) is 16.8. The average molecular weight is 1170 g/mol. The average Bonchev–Trinajstić information content (AvgIpc) is 1.71. The zero-order chi connectivity index (χ0) is 59.5. The molecule has 0 aromatic rings. The topological polar surface area (TPSA) is 200 Å². The lowest BCUT2D eigenvalue weighted by Gasteiger charge is -2.63. The molecule has 12 saturated carbocycles. The number of ether oxygens (including phenoxy) is 3. The Labute approximate surface area is 504 Å². The molecule has 0 aromatic heterocycles. The molecule has 25 rings (SSSR count). The molecule has 25 fully saturated rings. The number of fused-ring (bicyclic) bond motifs is 1. The quantitative estimate of drug-likeness (QED) is 0.0992. The Balaban J connectivity index is 0.723. The number of hydrogen-bond donors (Lipinski definition) is 6. The summed E-state index contributed by atoms with van der Waals surface area (Å²) in [4.78, 5) is 41.7. The van der Waals surface area contributed by atoms with Crippen molar-refractivity contribution in [2.45, 2.75) is 291 Å². The van der Waals surface area contributed by atoms with Crippen LogP contribution in [0.4, 0.5) is 0 Å². The molecule has 33 atom stereocenters. The summed E-state index contributed by atoms with van der Waals surface area (Å²) < 4.78 is 19.1. The third-order valence-corrected chi connectivity index (χ3v) is 31.8. The number of carbonyl (C=O) groups is 3. The lowest BCUT2D eigenvalue weighted by molar-refractivity contribution is -0.210. The van der Waals surface area contributed by atoms with E-state index in [1.54, 1.807) is 0 Å². The standard InChI is InChI=1S/C72H114O12/c1-37-10-19-61(79)82-43-22-25-68(5)40(28-43)32-56(74)65-50-17-14-47(71(50,8)59(77)35-53(65)68)39(3)12-21-63(81)84-45-24-27-69(6)42(30-45)33-57(75)66-51-18-15-48(72(51,9)60(78)36-54(66)69)38(2)11-20-62(80)83-44-23-26-67(4)41(29-44)31-55(73)64-49-16-13-46(37)70(49,7)58(76)34-52(64)67/h37-60,64-66,73-78H,10-36H2,1-9H3/t37-,38-,39+,40-,41-,42-,43+,44+,45+,46+,47+,48+,49-,50-,51-,52-,53-,54-,55+,56+,57+,58-,59-,60-,64-,65-,66-,67-,68-,69-,70-,71+,72+/m0/s1. The van der Waals surface area contributed by atoms with Crippen LogP contribution in [0.3, 0.4) is 0 Å². The number of esters is 3. The first-order valence-electron chi connectivity index (χ1n) is 35.4. The van der Waals surface area contributed by atoms with E-state index in [4.69, 9.17) is 14.2 Å². The molecule has 13 heterocycles. The molecule has 0 unspecified atom stereocenters. The Morgan fingerprint density at radius 2 is 0.571 bits per heavy atom. The van der Waals surface area contributed by atoms with Crippen molar-refractivity contribution in [2.24, 2.45) is 139 Å². The van der Waals surface area contributed by atoms with Crippen LogP contribution in [0.5, 0.6) is 0 Å². The van der Waals surface area contributed by atoms with E-state index in [2.05, 4.69) is 62.3 Å². The largest absolute Gasteiger partial charge is 0.462 e. The summed E-state index contributed by atoms with van der Waals surface area (Å²) in [6.45, 7) is 20.9. The summed E-state index contributed by atoms with van der Waals surface area (Å²) in [6, 6.07) is 0. The van der Waals surface area contributed by atoms with Crippen LogP contribution in [0, 0.1) is 139 Å². The number of rotatable bonds is 0. The summed E-state index contributed by atoms with van der Waals surface area (Å²) in [5.74, 6) is 2.87. The Morgan fingerprint density at radius 3 is 0.833 bits per heavy atom. The van der Waals surface area contributed by atoms with E-state index in [0.717, 1.165) is 96.3 Å². The predicted molar refractivity (Wildman–Crippen MR) is 319 cm³/mol. The SMILES string of the molecule is C[C@@H]1CCC(=O)O[C@@H]2CC[C@@]3(C)[C@@H](C2)C[C@@H](O)[C@@H]2[C@@H]3C[C@H](O)[C@]3(C)[C@H](CC[C@@H]23)[C@@H](C)CCC(=O)O[C@@H]2CC[C@@]3(C)[C@@H](C2)C[C@@H](O)[C@@H]2[C@@H]3C[C@H](O)[C@@]3(C)[C@H](CC[C@@H]23)[C@@H](C)CCC(=O)O[C@@H]2CC[C@@]3(C)[C@@H](C2)C[C@@H](O)[C@@H]2[C@@H]3C[C@H](O)[C@]3(C)[C@@H]1CC[C@@H]23. The Kier molecular flexibility index (Phi) is 16.0. The normalized spacial score (nSPS) is 58.6. The highest BCUT2D eigenvalue weighted by atomic mass is 16.6. The first-order valence-corrected chi connectivity index (χ1v) is 35.4. The fraction of sp³-hybridized carbons (Fsp3) is 0.958. The van der Waals surface area contributed by atoms with Crippen molar-refractivity contribution in [3.63, 3.8) is 0 Å². The summed E-state index contributed by atoms with van der Waals surface area (Å²) >= 11 is 0. The van der Waals surface area contributed by atoms with Crippen LogP contribution in [0.2, 0.25) is 0 Å². The van der Waals surface area contributed by atoms with Crippen LogP contribution in [-0.4, -0.2) is 103 Å². The van der Waals surface area contributed by atoms with E-state index in [-0.39, 0.29) is 175 Å². The van der Waals surface area contributed by atoms with Crippen molar-refractivity contribution < 1.29 is 59.2 Å². The van der Waals surface area contributed by atoms with Crippen molar-refractivity contribution in [1.29, 1.82) is 0 Å². The fourth-order valence-corrected chi connectivity index (χ4v) is 27.0. The molecular weight excluding hydrogens is 1060 g/mol. The van der Waals surface area contributed by atoms with E-state index >= 15 is 0 Å². The number of hydrogen-bond acceptors (Lipinski definition) is 12. The van der Waals surface area contributed by atoms with Gasteiger partial charge in [0.2, 0.25) is 0 Å². The van der Waals surface area contributed by atoms with Gasteiger partial charge >= 0.3 is 17.9 Å². The van der Waals surface area contributed by atoms with E-state index in [0.29, 0.717) is 77.0 Å². The Bertz CT molecular complexity index is 2210. The summed E-state index contributed by atoms with van der Waals surface area (Å²) in [7, 11) is 0. The highest BCUT2D eigenvalue weighted by molar-refractivity contribution is 5.70. The second-order valence-corrected chi connectivity index (χ2v) is 34.5. The molecule has 474 valence electrons. The third-order valence-electron chi connectivity index (χ3n) is 31.8. The van der Waals surface area contributed by atoms with E-state index in [1.807, 2.05) is 0 Å². The highest BCUT2D eigenvalue weighted by Crippen LogP contribution is 2.72. The molecule has 0 aromatic carbocycles. The minimum atomic E-state index is -0.505. The predicted octanol–water partition coefficient (Wildman–Crippen LogP) is 11.8.